The highest BCUT2D eigenvalue weighted by Gasteiger charge is 1.98. The van der Waals surface area contributed by atoms with Crippen LogP contribution in [-0.2, 0) is 0 Å². The van der Waals surface area contributed by atoms with Crippen molar-refractivity contribution in [3.05, 3.63) is 54.1 Å². The zero-order valence-corrected chi connectivity index (χ0v) is 10.3. The van der Waals surface area contributed by atoms with Crippen molar-refractivity contribution in [1.29, 1.82) is 0 Å². The normalized spacial score (nSPS) is 9.65. The van der Waals surface area contributed by atoms with Crippen LogP contribution in [0.4, 0.5) is 0 Å². The molecule has 0 aliphatic carbocycles. The lowest BCUT2D eigenvalue weighted by atomic mass is 10.2. The molecule has 0 saturated carbocycles. The Bertz CT molecular complexity index is 520. The second kappa shape index (κ2) is 5.47. The first kappa shape index (κ1) is 11.6. The van der Waals surface area contributed by atoms with Crippen LogP contribution in [0.2, 0.25) is 0 Å². The molecular formula is C15H12OS. The number of hydrogen-bond acceptors (Lipinski definition) is 2. The Kier molecular flexibility index (Phi) is 3.74. The number of terminal acetylenes is 1. The van der Waals surface area contributed by atoms with Crippen LogP contribution in [0.3, 0.4) is 0 Å². The monoisotopic (exact) mass is 240 g/mol. The van der Waals surface area contributed by atoms with Gasteiger partial charge >= 0.3 is 0 Å². The van der Waals surface area contributed by atoms with E-state index in [9.17, 15) is 0 Å². The highest BCUT2D eigenvalue weighted by atomic mass is 32.2. The predicted octanol–water partition coefficient (Wildman–Crippen LogP) is 3.83. The summed E-state index contributed by atoms with van der Waals surface area (Å²) in [5, 5.41) is 0. The van der Waals surface area contributed by atoms with Crippen molar-refractivity contribution in [2.75, 3.05) is 7.11 Å². The summed E-state index contributed by atoms with van der Waals surface area (Å²) < 4.78 is 5.12. The van der Waals surface area contributed by atoms with Crippen LogP contribution in [0.5, 0.6) is 5.75 Å². The minimum Gasteiger partial charge on any atom is -0.497 e. The van der Waals surface area contributed by atoms with Gasteiger partial charge in [-0.05, 0) is 48.5 Å². The Morgan fingerprint density at radius 1 is 0.941 bits per heavy atom. The van der Waals surface area contributed by atoms with Gasteiger partial charge in [-0.3, -0.25) is 0 Å². The van der Waals surface area contributed by atoms with Gasteiger partial charge in [-0.2, -0.15) is 0 Å². The molecule has 0 radical (unpaired) electrons. The summed E-state index contributed by atoms with van der Waals surface area (Å²) in [5.41, 5.74) is 0.907. The number of benzene rings is 2. The van der Waals surface area contributed by atoms with E-state index < -0.39 is 0 Å². The summed E-state index contributed by atoms with van der Waals surface area (Å²) in [6, 6.07) is 16.0. The average molecular weight is 240 g/mol. The van der Waals surface area contributed by atoms with E-state index in [1.165, 1.54) is 9.79 Å². The Morgan fingerprint density at radius 2 is 1.47 bits per heavy atom. The molecule has 2 rings (SSSR count). The first-order valence-corrected chi connectivity index (χ1v) is 6.02. The molecule has 0 bridgehead atoms. The van der Waals surface area contributed by atoms with Crippen LogP contribution in [-0.4, -0.2) is 7.11 Å². The van der Waals surface area contributed by atoms with Crippen LogP contribution in [0.25, 0.3) is 0 Å². The molecule has 0 fully saturated rings. The van der Waals surface area contributed by atoms with Gasteiger partial charge in [0.25, 0.3) is 0 Å². The van der Waals surface area contributed by atoms with E-state index in [1.54, 1.807) is 18.9 Å². The molecule has 0 aromatic heterocycles. The fourth-order valence-electron chi connectivity index (χ4n) is 1.40. The van der Waals surface area contributed by atoms with Gasteiger partial charge in [0.2, 0.25) is 0 Å². The lowest BCUT2D eigenvalue weighted by Crippen LogP contribution is -1.81. The Hall–Kier alpha value is -1.85. The molecule has 0 unspecified atom stereocenters. The van der Waals surface area contributed by atoms with Gasteiger partial charge in [-0.1, -0.05) is 17.7 Å². The first-order chi connectivity index (χ1) is 8.31. The maximum absolute atomic E-state index is 5.31. The number of rotatable bonds is 3. The van der Waals surface area contributed by atoms with Gasteiger partial charge in [-0.25, -0.2) is 0 Å². The molecule has 0 heterocycles. The highest BCUT2D eigenvalue weighted by Crippen LogP contribution is 2.28. The molecular weight excluding hydrogens is 228 g/mol. The van der Waals surface area contributed by atoms with E-state index >= 15 is 0 Å². The summed E-state index contributed by atoms with van der Waals surface area (Å²) in [7, 11) is 1.67. The molecule has 0 atom stereocenters. The van der Waals surface area contributed by atoms with E-state index in [0.717, 1.165) is 11.3 Å². The van der Waals surface area contributed by atoms with Crippen molar-refractivity contribution >= 4 is 11.8 Å². The quantitative estimate of drug-likeness (QED) is 0.754. The fourth-order valence-corrected chi connectivity index (χ4v) is 2.22. The highest BCUT2D eigenvalue weighted by molar-refractivity contribution is 7.99. The van der Waals surface area contributed by atoms with Crippen molar-refractivity contribution in [3.8, 4) is 18.1 Å². The molecule has 0 saturated heterocycles. The van der Waals surface area contributed by atoms with E-state index in [4.69, 9.17) is 11.2 Å². The summed E-state index contributed by atoms with van der Waals surface area (Å²) in [4.78, 5) is 2.36. The smallest absolute Gasteiger partial charge is 0.118 e. The minimum atomic E-state index is 0.872. The topological polar surface area (TPSA) is 9.23 Å². The number of ether oxygens (including phenoxy) is 1. The Balaban J connectivity index is 2.11. The fraction of sp³-hybridized carbons (Fsp3) is 0.0667. The Morgan fingerprint density at radius 3 is 1.94 bits per heavy atom. The number of methoxy groups -OCH3 is 1. The van der Waals surface area contributed by atoms with Gasteiger partial charge in [0.05, 0.1) is 7.11 Å². The third-order valence-electron chi connectivity index (χ3n) is 2.32. The summed E-state index contributed by atoms with van der Waals surface area (Å²) in [6.45, 7) is 0. The zero-order valence-electron chi connectivity index (χ0n) is 9.51. The van der Waals surface area contributed by atoms with E-state index in [1.807, 2.05) is 48.5 Å². The molecule has 2 aromatic rings. The number of hydrogen-bond donors (Lipinski definition) is 0. The van der Waals surface area contributed by atoms with E-state index in [-0.39, 0.29) is 0 Å². The molecule has 84 valence electrons. The summed E-state index contributed by atoms with van der Waals surface area (Å²) in [6.07, 6.45) is 5.31. The van der Waals surface area contributed by atoms with Crippen molar-refractivity contribution in [1.82, 2.24) is 0 Å². The molecule has 2 aromatic carbocycles. The van der Waals surface area contributed by atoms with Crippen LogP contribution in [0.15, 0.2) is 58.3 Å². The zero-order chi connectivity index (χ0) is 12.1. The van der Waals surface area contributed by atoms with Crippen LogP contribution in [0.1, 0.15) is 5.56 Å². The van der Waals surface area contributed by atoms with Gasteiger partial charge in [0.1, 0.15) is 5.75 Å². The van der Waals surface area contributed by atoms with E-state index in [2.05, 4.69) is 5.92 Å². The predicted molar refractivity (Wildman–Crippen MR) is 71.5 cm³/mol. The van der Waals surface area contributed by atoms with Crippen LogP contribution < -0.4 is 4.74 Å². The molecule has 17 heavy (non-hydrogen) atoms. The summed E-state index contributed by atoms with van der Waals surface area (Å²) in [5.74, 6) is 3.48. The largest absolute Gasteiger partial charge is 0.497 e. The van der Waals surface area contributed by atoms with Crippen molar-refractivity contribution in [2.24, 2.45) is 0 Å². The molecule has 0 N–H and O–H groups in total. The first-order valence-electron chi connectivity index (χ1n) is 5.20. The maximum Gasteiger partial charge on any atom is 0.118 e. The maximum atomic E-state index is 5.31. The van der Waals surface area contributed by atoms with Gasteiger partial charge in [0, 0.05) is 15.4 Å². The third kappa shape index (κ3) is 3.05. The molecule has 0 spiro atoms. The standard InChI is InChI=1S/C15H12OS/c1-3-12-4-8-14(9-5-12)17-15-10-6-13(16-2)7-11-15/h1,4-11H,2H3. The lowest BCUT2D eigenvalue weighted by molar-refractivity contribution is 0.414. The molecule has 2 heteroatoms. The van der Waals surface area contributed by atoms with Crippen LogP contribution >= 0.6 is 11.8 Å². The molecule has 0 amide bonds. The van der Waals surface area contributed by atoms with Gasteiger partial charge < -0.3 is 4.74 Å². The average Bonchev–Trinajstić information content (AvgIpc) is 2.40. The lowest BCUT2D eigenvalue weighted by Gasteiger charge is -2.03. The molecule has 0 aliphatic heterocycles. The van der Waals surface area contributed by atoms with Gasteiger partial charge in [-0.15, -0.1) is 6.42 Å². The second-order valence-electron chi connectivity index (χ2n) is 3.45. The van der Waals surface area contributed by atoms with Gasteiger partial charge in [0.15, 0.2) is 0 Å². The van der Waals surface area contributed by atoms with E-state index in [0.29, 0.717) is 0 Å². The molecule has 0 aliphatic rings. The molecule has 1 nitrogen and oxygen atoms in total. The SMILES string of the molecule is C#Cc1ccc(Sc2ccc(OC)cc2)cc1. The Labute approximate surface area is 106 Å². The van der Waals surface area contributed by atoms with Crippen molar-refractivity contribution in [3.63, 3.8) is 0 Å². The summed E-state index contributed by atoms with van der Waals surface area (Å²) >= 11 is 1.70. The third-order valence-corrected chi connectivity index (χ3v) is 3.33. The van der Waals surface area contributed by atoms with Crippen molar-refractivity contribution in [2.45, 2.75) is 9.79 Å². The second-order valence-corrected chi connectivity index (χ2v) is 4.59. The minimum absolute atomic E-state index is 0.872. The van der Waals surface area contributed by atoms with Crippen molar-refractivity contribution < 1.29 is 4.74 Å². The van der Waals surface area contributed by atoms with Crippen LogP contribution in [0, 0.1) is 12.3 Å².